The minimum Gasteiger partial charge on any atom is -0.381 e. The van der Waals surface area contributed by atoms with E-state index in [1.807, 2.05) is 23.9 Å². The van der Waals surface area contributed by atoms with Gasteiger partial charge in [-0.25, -0.2) is 0 Å². The van der Waals surface area contributed by atoms with Gasteiger partial charge in [0, 0.05) is 23.0 Å². The number of amides is 1. The summed E-state index contributed by atoms with van der Waals surface area (Å²) in [6.07, 6.45) is 1.18. The zero-order chi connectivity index (χ0) is 13.2. The van der Waals surface area contributed by atoms with Crippen molar-refractivity contribution in [3.8, 4) is 0 Å². The molecule has 1 aromatic rings. The first kappa shape index (κ1) is 13.3. The highest BCUT2D eigenvalue weighted by Crippen LogP contribution is 2.34. The van der Waals surface area contributed by atoms with E-state index >= 15 is 0 Å². The van der Waals surface area contributed by atoms with Crippen molar-refractivity contribution in [2.75, 3.05) is 16.8 Å². The normalized spacial score (nSPS) is 22.4. The molecule has 2 rings (SSSR count). The molecule has 3 nitrogen and oxygen atoms in total. The number of carbonyl (C=O) groups excluding carboxylic acids is 1. The van der Waals surface area contributed by atoms with Gasteiger partial charge in [0.25, 0.3) is 0 Å². The first-order valence-corrected chi connectivity index (χ1v) is 7.36. The van der Waals surface area contributed by atoms with Gasteiger partial charge in [-0.1, -0.05) is 13.8 Å². The summed E-state index contributed by atoms with van der Waals surface area (Å²) in [6, 6.07) is 7.88. The summed E-state index contributed by atoms with van der Waals surface area (Å²) in [4.78, 5) is 11.0. The number of nitrogens with one attached hydrogen (secondary N) is 1. The molecular formula is C14H20N2OS. The monoisotopic (exact) mass is 264 g/mol. The van der Waals surface area contributed by atoms with E-state index in [-0.39, 0.29) is 5.91 Å². The molecule has 98 valence electrons. The first-order valence-electron chi connectivity index (χ1n) is 6.20. The number of thioether (sulfide) groups is 1. The highest BCUT2D eigenvalue weighted by Gasteiger charge is 2.28. The van der Waals surface area contributed by atoms with Gasteiger partial charge in [0.1, 0.15) is 0 Å². The van der Waals surface area contributed by atoms with Crippen molar-refractivity contribution < 1.29 is 4.79 Å². The van der Waals surface area contributed by atoms with Crippen LogP contribution in [0.25, 0.3) is 0 Å². The maximum atomic E-state index is 11.0. The fourth-order valence-electron chi connectivity index (χ4n) is 2.32. The van der Waals surface area contributed by atoms with Crippen molar-refractivity contribution in [3.05, 3.63) is 29.8 Å². The standard InChI is InChI=1S/C14H20N2OS/c1-14(2)7-12(8-18-9-14)16-11-5-3-10(4-6-11)13(15)17/h3-6,12,16H,7-9H2,1-2H3,(H2,15,17). The van der Waals surface area contributed by atoms with Crippen molar-refractivity contribution in [1.82, 2.24) is 0 Å². The van der Waals surface area contributed by atoms with Crippen LogP contribution in [-0.2, 0) is 0 Å². The lowest BCUT2D eigenvalue weighted by Gasteiger charge is -2.35. The fraction of sp³-hybridized carbons (Fsp3) is 0.500. The lowest BCUT2D eigenvalue weighted by Crippen LogP contribution is -2.35. The van der Waals surface area contributed by atoms with Crippen LogP contribution in [0.1, 0.15) is 30.6 Å². The van der Waals surface area contributed by atoms with Gasteiger partial charge in [-0.15, -0.1) is 0 Å². The molecule has 1 aromatic carbocycles. The lowest BCUT2D eigenvalue weighted by molar-refractivity contribution is 0.100. The third-order valence-electron chi connectivity index (χ3n) is 3.15. The Morgan fingerprint density at radius 1 is 1.39 bits per heavy atom. The van der Waals surface area contributed by atoms with Gasteiger partial charge in [-0.3, -0.25) is 4.79 Å². The van der Waals surface area contributed by atoms with Crippen molar-refractivity contribution in [2.45, 2.75) is 26.3 Å². The molecule has 18 heavy (non-hydrogen) atoms. The lowest BCUT2D eigenvalue weighted by atomic mass is 9.88. The molecule has 0 aromatic heterocycles. The van der Waals surface area contributed by atoms with Crippen LogP contribution in [0, 0.1) is 5.41 Å². The second-order valence-electron chi connectivity index (χ2n) is 5.67. The molecule has 0 aliphatic carbocycles. The van der Waals surface area contributed by atoms with Crippen molar-refractivity contribution in [3.63, 3.8) is 0 Å². The van der Waals surface area contributed by atoms with Crippen LogP contribution in [0.5, 0.6) is 0 Å². The zero-order valence-electron chi connectivity index (χ0n) is 10.9. The van der Waals surface area contributed by atoms with Crippen LogP contribution in [0.15, 0.2) is 24.3 Å². The Bertz CT molecular complexity index is 428. The maximum Gasteiger partial charge on any atom is 0.248 e. The van der Waals surface area contributed by atoms with Crippen molar-refractivity contribution in [1.29, 1.82) is 0 Å². The third kappa shape index (κ3) is 3.42. The second-order valence-corrected chi connectivity index (χ2v) is 6.70. The van der Waals surface area contributed by atoms with E-state index in [4.69, 9.17) is 5.73 Å². The molecule has 1 saturated heterocycles. The van der Waals surface area contributed by atoms with Crippen molar-refractivity contribution in [2.24, 2.45) is 11.1 Å². The Kier molecular flexibility index (Phi) is 3.85. The number of benzene rings is 1. The molecular weight excluding hydrogens is 244 g/mol. The molecule has 1 atom stereocenters. The van der Waals surface area contributed by atoms with E-state index in [2.05, 4.69) is 19.2 Å². The molecule has 1 amide bonds. The molecule has 3 N–H and O–H groups in total. The van der Waals surface area contributed by atoms with E-state index < -0.39 is 0 Å². The van der Waals surface area contributed by atoms with E-state index in [1.165, 1.54) is 12.2 Å². The number of anilines is 1. The number of nitrogens with two attached hydrogens (primary N) is 1. The highest BCUT2D eigenvalue weighted by atomic mass is 32.2. The fourth-order valence-corrected chi connectivity index (χ4v) is 3.60. The molecule has 1 aliphatic rings. The smallest absolute Gasteiger partial charge is 0.248 e. The predicted octanol–water partition coefficient (Wildman–Crippen LogP) is 2.73. The molecule has 0 bridgehead atoms. The summed E-state index contributed by atoms with van der Waals surface area (Å²) in [6.45, 7) is 4.62. The Hall–Kier alpha value is -1.16. The number of hydrogen-bond acceptors (Lipinski definition) is 3. The minimum atomic E-state index is -0.379. The minimum absolute atomic E-state index is 0.379. The van der Waals surface area contributed by atoms with Gasteiger partial charge in [-0.2, -0.15) is 11.8 Å². The average Bonchev–Trinajstić information content (AvgIpc) is 2.28. The van der Waals surface area contributed by atoms with Gasteiger partial charge in [0.05, 0.1) is 0 Å². The SMILES string of the molecule is CC1(C)CSCC(Nc2ccc(C(N)=O)cc2)C1. The van der Waals surface area contributed by atoms with Crippen molar-refractivity contribution >= 4 is 23.4 Å². The molecule has 0 saturated carbocycles. The highest BCUT2D eigenvalue weighted by molar-refractivity contribution is 7.99. The molecule has 1 unspecified atom stereocenters. The summed E-state index contributed by atoms with van der Waals surface area (Å²) in [5, 5.41) is 3.53. The number of primary amides is 1. The summed E-state index contributed by atoms with van der Waals surface area (Å²) in [5.74, 6) is 1.99. The van der Waals surface area contributed by atoms with Crippen LogP contribution in [0.4, 0.5) is 5.69 Å². The van der Waals surface area contributed by atoms with E-state index in [9.17, 15) is 4.79 Å². The Morgan fingerprint density at radius 2 is 2.06 bits per heavy atom. The molecule has 1 heterocycles. The number of hydrogen-bond donors (Lipinski definition) is 2. The van der Waals surface area contributed by atoms with Crippen LogP contribution in [0.2, 0.25) is 0 Å². The average molecular weight is 264 g/mol. The van der Waals surface area contributed by atoms with Gasteiger partial charge in [-0.05, 0) is 41.9 Å². The quantitative estimate of drug-likeness (QED) is 0.882. The summed E-state index contributed by atoms with van der Waals surface area (Å²) in [7, 11) is 0. The molecule has 1 fully saturated rings. The van der Waals surface area contributed by atoms with Crippen LogP contribution in [-0.4, -0.2) is 23.5 Å². The molecule has 0 radical (unpaired) electrons. The molecule has 4 heteroatoms. The van der Waals surface area contributed by atoms with Crippen LogP contribution < -0.4 is 11.1 Å². The topological polar surface area (TPSA) is 55.1 Å². The van der Waals surface area contributed by atoms with E-state index in [0.717, 1.165) is 11.4 Å². The van der Waals surface area contributed by atoms with Crippen LogP contribution in [0.3, 0.4) is 0 Å². The zero-order valence-corrected chi connectivity index (χ0v) is 11.7. The predicted molar refractivity (Wildman–Crippen MR) is 78.1 cm³/mol. The van der Waals surface area contributed by atoms with Gasteiger partial charge in [0.15, 0.2) is 0 Å². The van der Waals surface area contributed by atoms with Gasteiger partial charge in [0.2, 0.25) is 5.91 Å². The van der Waals surface area contributed by atoms with Gasteiger partial charge < -0.3 is 11.1 Å². The van der Waals surface area contributed by atoms with E-state index in [1.54, 1.807) is 12.1 Å². The maximum absolute atomic E-state index is 11.0. The Balaban J connectivity index is 1.99. The summed E-state index contributed by atoms with van der Waals surface area (Å²) >= 11 is 2.00. The number of carbonyl (C=O) groups is 1. The third-order valence-corrected chi connectivity index (χ3v) is 4.77. The van der Waals surface area contributed by atoms with E-state index in [0.29, 0.717) is 17.0 Å². The van der Waals surface area contributed by atoms with Gasteiger partial charge >= 0.3 is 0 Å². The molecule has 0 spiro atoms. The first-order chi connectivity index (χ1) is 8.46. The Labute approximate surface area is 113 Å². The van der Waals surface area contributed by atoms with Crippen LogP contribution >= 0.6 is 11.8 Å². The Morgan fingerprint density at radius 3 is 2.61 bits per heavy atom. The second kappa shape index (κ2) is 5.22. The molecule has 1 aliphatic heterocycles. The summed E-state index contributed by atoms with van der Waals surface area (Å²) in [5.41, 5.74) is 7.23. The number of rotatable bonds is 3. The largest absolute Gasteiger partial charge is 0.381 e. The summed E-state index contributed by atoms with van der Waals surface area (Å²) < 4.78 is 0.